The van der Waals surface area contributed by atoms with Crippen molar-refractivity contribution in [3.63, 3.8) is 0 Å². The molecule has 1 aromatic rings. The van der Waals surface area contributed by atoms with E-state index in [-0.39, 0.29) is 5.75 Å². The van der Waals surface area contributed by atoms with Gasteiger partial charge < -0.3 is 9.47 Å². The van der Waals surface area contributed by atoms with Crippen LogP contribution < -0.4 is 10.1 Å². The van der Waals surface area contributed by atoms with Gasteiger partial charge in [0.25, 0.3) is 0 Å². The third kappa shape index (κ3) is 4.65. The summed E-state index contributed by atoms with van der Waals surface area (Å²) in [6.07, 6.45) is 0. The second-order valence-electron chi connectivity index (χ2n) is 3.46. The summed E-state index contributed by atoms with van der Waals surface area (Å²) in [5.74, 6) is 0.0716. The van der Waals surface area contributed by atoms with Crippen molar-refractivity contribution in [2.75, 3.05) is 20.3 Å². The number of nitrogens with zero attached hydrogens (tertiary/aromatic N) is 1. The largest absolute Gasteiger partial charge is 0.435 e. The molecule has 0 heterocycles. The van der Waals surface area contributed by atoms with Gasteiger partial charge in [0.2, 0.25) is 0 Å². The van der Waals surface area contributed by atoms with Crippen molar-refractivity contribution < 1.29 is 18.3 Å². The lowest BCUT2D eigenvalue weighted by molar-refractivity contribution is -0.0498. The fourth-order valence-corrected chi connectivity index (χ4v) is 1.39. The number of methoxy groups -OCH3 is 1. The molecule has 1 unspecified atom stereocenters. The lowest BCUT2D eigenvalue weighted by atomic mass is 10.1. The van der Waals surface area contributed by atoms with E-state index in [0.29, 0.717) is 18.7 Å². The van der Waals surface area contributed by atoms with Crippen LogP contribution >= 0.6 is 0 Å². The second-order valence-corrected chi connectivity index (χ2v) is 3.46. The molecule has 4 nitrogen and oxygen atoms in total. The summed E-state index contributed by atoms with van der Waals surface area (Å²) in [5.41, 5.74) is 0.690. The van der Waals surface area contributed by atoms with Gasteiger partial charge in [0.05, 0.1) is 12.7 Å². The first-order valence-electron chi connectivity index (χ1n) is 5.34. The highest BCUT2D eigenvalue weighted by Gasteiger charge is 2.10. The van der Waals surface area contributed by atoms with Crippen LogP contribution in [-0.4, -0.2) is 26.9 Å². The van der Waals surface area contributed by atoms with Crippen molar-refractivity contribution in [2.45, 2.75) is 12.7 Å². The molecule has 1 N–H and O–H groups in total. The van der Waals surface area contributed by atoms with Crippen LogP contribution in [0.5, 0.6) is 5.75 Å². The zero-order valence-corrected chi connectivity index (χ0v) is 9.90. The molecule has 0 aliphatic heterocycles. The molecule has 6 heteroatoms. The molecule has 0 amide bonds. The topological polar surface area (TPSA) is 54.3 Å². The summed E-state index contributed by atoms with van der Waals surface area (Å²) < 4.78 is 33.0. The summed E-state index contributed by atoms with van der Waals surface area (Å²) in [4.78, 5) is 0. The minimum absolute atomic E-state index is 0.0716. The van der Waals surface area contributed by atoms with Gasteiger partial charge in [0.1, 0.15) is 11.8 Å². The Hall–Kier alpha value is -1.71. The Morgan fingerprint density at radius 2 is 2.00 bits per heavy atom. The van der Waals surface area contributed by atoms with E-state index in [4.69, 9.17) is 10.00 Å². The predicted octanol–water partition coefficient (Wildman–Crippen LogP) is 2.09. The molecule has 0 saturated heterocycles. The first-order valence-corrected chi connectivity index (χ1v) is 5.34. The van der Waals surface area contributed by atoms with E-state index < -0.39 is 12.7 Å². The number of hydrogen-bond acceptors (Lipinski definition) is 4. The highest BCUT2D eigenvalue weighted by molar-refractivity contribution is 5.31. The molecule has 98 valence electrons. The quantitative estimate of drug-likeness (QED) is 0.759. The Labute approximate surface area is 104 Å². The fourth-order valence-electron chi connectivity index (χ4n) is 1.39. The highest BCUT2D eigenvalue weighted by atomic mass is 19.3. The number of alkyl halides is 2. The van der Waals surface area contributed by atoms with E-state index in [2.05, 4.69) is 16.1 Å². The van der Waals surface area contributed by atoms with Crippen molar-refractivity contribution in [1.82, 2.24) is 5.32 Å². The maximum absolute atomic E-state index is 12.0. The maximum atomic E-state index is 12.0. The normalized spacial score (nSPS) is 12.2. The maximum Gasteiger partial charge on any atom is 0.387 e. The lowest BCUT2D eigenvalue weighted by Gasteiger charge is -2.12. The highest BCUT2D eigenvalue weighted by Crippen LogP contribution is 2.18. The van der Waals surface area contributed by atoms with Gasteiger partial charge in [-0.3, -0.25) is 5.32 Å². The lowest BCUT2D eigenvalue weighted by Crippen LogP contribution is -2.23. The van der Waals surface area contributed by atoms with Gasteiger partial charge in [0, 0.05) is 13.7 Å². The summed E-state index contributed by atoms with van der Waals surface area (Å²) >= 11 is 0. The minimum atomic E-state index is -2.84. The monoisotopic (exact) mass is 256 g/mol. The van der Waals surface area contributed by atoms with Crippen LogP contribution in [0.4, 0.5) is 8.78 Å². The molecule has 1 aromatic carbocycles. The van der Waals surface area contributed by atoms with Gasteiger partial charge in [0.15, 0.2) is 0 Å². The third-order valence-electron chi connectivity index (χ3n) is 2.22. The average molecular weight is 256 g/mol. The zero-order chi connectivity index (χ0) is 13.4. The molecule has 0 aromatic heterocycles. The van der Waals surface area contributed by atoms with E-state index in [1.54, 1.807) is 19.2 Å². The van der Waals surface area contributed by atoms with Gasteiger partial charge in [-0.05, 0) is 17.7 Å². The molecule has 18 heavy (non-hydrogen) atoms. The SMILES string of the molecule is COCCNC(C#N)c1ccc(OC(F)F)cc1. The minimum Gasteiger partial charge on any atom is -0.435 e. The van der Waals surface area contributed by atoms with Crippen LogP contribution in [0.25, 0.3) is 0 Å². The van der Waals surface area contributed by atoms with Gasteiger partial charge in [-0.25, -0.2) is 0 Å². The van der Waals surface area contributed by atoms with E-state index in [9.17, 15) is 8.78 Å². The Bertz CT molecular complexity index is 390. The van der Waals surface area contributed by atoms with Crippen LogP contribution in [0.1, 0.15) is 11.6 Å². The Kier molecular flexibility index (Phi) is 6.05. The summed E-state index contributed by atoms with van der Waals surface area (Å²) in [6, 6.07) is 7.55. The summed E-state index contributed by atoms with van der Waals surface area (Å²) in [6.45, 7) is -1.82. The van der Waals surface area contributed by atoms with Crippen LogP contribution in [0, 0.1) is 11.3 Å². The van der Waals surface area contributed by atoms with Gasteiger partial charge in [-0.1, -0.05) is 12.1 Å². The molecule has 1 atom stereocenters. The number of ether oxygens (including phenoxy) is 2. The number of nitriles is 1. The molecule has 0 fully saturated rings. The van der Waals surface area contributed by atoms with Crippen LogP contribution in [0.2, 0.25) is 0 Å². The number of nitrogens with one attached hydrogen (secondary N) is 1. The van der Waals surface area contributed by atoms with Crippen LogP contribution in [0.15, 0.2) is 24.3 Å². The molecular formula is C12H14F2N2O2. The first-order chi connectivity index (χ1) is 8.67. The summed E-state index contributed by atoms with van der Waals surface area (Å²) in [5, 5.41) is 12.0. The van der Waals surface area contributed by atoms with E-state index in [1.807, 2.05) is 0 Å². The van der Waals surface area contributed by atoms with Crippen molar-refractivity contribution >= 4 is 0 Å². The predicted molar refractivity (Wildman–Crippen MR) is 61.3 cm³/mol. The standard InChI is InChI=1S/C12H14F2N2O2/c1-17-7-6-16-11(8-15)9-2-4-10(5-3-9)18-12(13)14/h2-5,11-12,16H,6-7H2,1H3. The van der Waals surface area contributed by atoms with Crippen molar-refractivity contribution in [2.24, 2.45) is 0 Å². The smallest absolute Gasteiger partial charge is 0.387 e. The van der Waals surface area contributed by atoms with Crippen molar-refractivity contribution in [3.8, 4) is 11.8 Å². The Balaban J connectivity index is 2.61. The molecule has 0 aliphatic rings. The molecule has 0 aliphatic carbocycles. The van der Waals surface area contributed by atoms with Crippen molar-refractivity contribution in [3.05, 3.63) is 29.8 Å². The summed E-state index contributed by atoms with van der Waals surface area (Å²) in [7, 11) is 1.57. The molecule has 0 radical (unpaired) electrons. The number of halogens is 2. The van der Waals surface area contributed by atoms with E-state index >= 15 is 0 Å². The zero-order valence-electron chi connectivity index (χ0n) is 9.90. The molecule has 1 rings (SSSR count). The van der Waals surface area contributed by atoms with Crippen LogP contribution in [-0.2, 0) is 4.74 Å². The Morgan fingerprint density at radius 1 is 1.33 bits per heavy atom. The second kappa shape index (κ2) is 7.58. The first kappa shape index (κ1) is 14.4. The number of rotatable bonds is 7. The molecule has 0 spiro atoms. The average Bonchev–Trinajstić information content (AvgIpc) is 2.35. The van der Waals surface area contributed by atoms with Gasteiger partial charge in [-0.15, -0.1) is 0 Å². The molecule has 0 bridgehead atoms. The van der Waals surface area contributed by atoms with Crippen molar-refractivity contribution in [1.29, 1.82) is 5.26 Å². The van der Waals surface area contributed by atoms with E-state index in [0.717, 1.165) is 0 Å². The van der Waals surface area contributed by atoms with Crippen LogP contribution in [0.3, 0.4) is 0 Å². The number of hydrogen-bond donors (Lipinski definition) is 1. The number of benzene rings is 1. The molecular weight excluding hydrogens is 242 g/mol. The fraction of sp³-hybridized carbons (Fsp3) is 0.417. The van der Waals surface area contributed by atoms with Gasteiger partial charge in [-0.2, -0.15) is 14.0 Å². The Morgan fingerprint density at radius 3 is 2.50 bits per heavy atom. The van der Waals surface area contributed by atoms with E-state index in [1.165, 1.54) is 12.1 Å². The third-order valence-corrected chi connectivity index (χ3v) is 2.22. The molecule has 0 saturated carbocycles. The van der Waals surface area contributed by atoms with Gasteiger partial charge >= 0.3 is 6.61 Å².